The quantitative estimate of drug-likeness (QED) is 0.849. The van der Waals surface area contributed by atoms with E-state index in [0.29, 0.717) is 21.9 Å². The van der Waals surface area contributed by atoms with Gasteiger partial charge in [-0.05, 0) is 43.3 Å². The molecular weight excluding hydrogens is 340 g/mol. The second-order valence-corrected chi connectivity index (χ2v) is 6.98. The molecule has 0 spiro atoms. The monoisotopic (exact) mass is 360 g/mol. The van der Waals surface area contributed by atoms with Gasteiger partial charge in [0, 0.05) is 23.5 Å². The number of likely N-dealkylation sites (N-methyl/N-ethyl adjacent to an activating group) is 1. The molecule has 6 nitrogen and oxygen atoms in total. The van der Waals surface area contributed by atoms with Crippen LogP contribution in [0.1, 0.15) is 31.2 Å². The molecular formula is C18H20N2O4S. The molecule has 7 heteroatoms. The lowest BCUT2D eigenvalue weighted by Gasteiger charge is -2.22. The number of methoxy groups -OCH3 is 2. The smallest absolute Gasteiger partial charge is 0.341 e. The Bertz CT molecular complexity index is 798. The summed E-state index contributed by atoms with van der Waals surface area (Å²) >= 11 is 1.44. The summed E-state index contributed by atoms with van der Waals surface area (Å²) in [5, 5.41) is 3.42. The minimum atomic E-state index is -0.410. The van der Waals surface area contributed by atoms with Crippen molar-refractivity contribution in [3.05, 3.63) is 45.8 Å². The molecule has 1 aliphatic heterocycles. The van der Waals surface area contributed by atoms with Crippen LogP contribution in [-0.4, -0.2) is 44.6 Å². The Hall–Kier alpha value is -2.38. The Kier molecular flexibility index (Phi) is 5.06. The molecule has 1 N–H and O–H groups in total. The number of amides is 1. The van der Waals surface area contributed by atoms with E-state index in [2.05, 4.69) is 10.2 Å². The van der Waals surface area contributed by atoms with Gasteiger partial charge in [0.25, 0.3) is 5.91 Å². The van der Waals surface area contributed by atoms with Crippen LogP contribution in [0.15, 0.2) is 24.3 Å². The van der Waals surface area contributed by atoms with Crippen LogP contribution in [0.4, 0.5) is 5.00 Å². The minimum absolute atomic E-state index is 0.264. The second kappa shape index (κ2) is 7.25. The number of nitrogens with one attached hydrogen (secondary N) is 1. The highest BCUT2D eigenvalue weighted by atomic mass is 32.1. The van der Waals surface area contributed by atoms with E-state index in [9.17, 15) is 9.59 Å². The van der Waals surface area contributed by atoms with Gasteiger partial charge in [0.2, 0.25) is 0 Å². The molecule has 1 aromatic carbocycles. The third-order valence-corrected chi connectivity index (χ3v) is 5.35. The predicted octanol–water partition coefficient (Wildman–Crippen LogP) is 2.78. The Balaban J connectivity index is 1.90. The Morgan fingerprint density at radius 3 is 2.56 bits per heavy atom. The largest absolute Gasteiger partial charge is 0.497 e. The van der Waals surface area contributed by atoms with Crippen LogP contribution >= 0.6 is 11.3 Å². The van der Waals surface area contributed by atoms with E-state index in [0.717, 1.165) is 30.0 Å². The van der Waals surface area contributed by atoms with Crippen LogP contribution in [0.3, 0.4) is 0 Å². The molecule has 0 fully saturated rings. The molecule has 1 amide bonds. The zero-order chi connectivity index (χ0) is 18.0. The summed E-state index contributed by atoms with van der Waals surface area (Å²) in [5.41, 5.74) is 1.97. The van der Waals surface area contributed by atoms with Gasteiger partial charge in [-0.1, -0.05) is 0 Å². The first-order valence-corrected chi connectivity index (χ1v) is 8.72. The number of benzene rings is 1. The fourth-order valence-electron chi connectivity index (χ4n) is 2.85. The zero-order valence-corrected chi connectivity index (χ0v) is 15.2. The van der Waals surface area contributed by atoms with E-state index in [1.54, 1.807) is 31.4 Å². The lowest BCUT2D eigenvalue weighted by atomic mass is 10.0. The standard InChI is InChI=1S/C18H20N2O4S/c1-20-9-8-13-14(10-20)25-17(15(13)18(22)24-3)19-16(21)11-4-6-12(23-2)7-5-11/h4-7H,8-10H2,1-3H3,(H,19,21). The molecule has 0 unspecified atom stereocenters. The molecule has 1 aromatic heterocycles. The van der Waals surface area contributed by atoms with Crippen molar-refractivity contribution in [2.75, 3.05) is 33.1 Å². The number of nitrogens with zero attached hydrogens (tertiary/aromatic N) is 1. The van der Waals surface area contributed by atoms with Crippen molar-refractivity contribution in [2.24, 2.45) is 0 Å². The number of anilines is 1. The lowest BCUT2D eigenvalue weighted by Crippen LogP contribution is -2.26. The number of carbonyl (C=O) groups excluding carboxylic acids is 2. The van der Waals surface area contributed by atoms with Crippen molar-refractivity contribution >= 4 is 28.2 Å². The van der Waals surface area contributed by atoms with Crippen molar-refractivity contribution in [3.8, 4) is 5.75 Å². The van der Waals surface area contributed by atoms with Crippen LogP contribution in [0, 0.1) is 0 Å². The van der Waals surface area contributed by atoms with Crippen molar-refractivity contribution in [2.45, 2.75) is 13.0 Å². The second-order valence-electron chi connectivity index (χ2n) is 5.87. The highest BCUT2D eigenvalue weighted by Gasteiger charge is 2.28. The van der Waals surface area contributed by atoms with Crippen LogP contribution < -0.4 is 10.1 Å². The zero-order valence-electron chi connectivity index (χ0n) is 14.4. The molecule has 25 heavy (non-hydrogen) atoms. The third kappa shape index (κ3) is 3.52. The van der Waals surface area contributed by atoms with Gasteiger partial charge in [0.15, 0.2) is 0 Å². The maximum atomic E-state index is 12.5. The number of hydrogen-bond acceptors (Lipinski definition) is 6. The van der Waals surface area contributed by atoms with Gasteiger partial charge in [-0.25, -0.2) is 4.79 Å². The number of thiophene rings is 1. The highest BCUT2D eigenvalue weighted by Crippen LogP contribution is 2.37. The Morgan fingerprint density at radius 2 is 1.92 bits per heavy atom. The van der Waals surface area contributed by atoms with Gasteiger partial charge in [-0.3, -0.25) is 4.79 Å². The van der Waals surface area contributed by atoms with Crippen molar-refractivity contribution < 1.29 is 19.1 Å². The summed E-state index contributed by atoms with van der Waals surface area (Å²) in [5.74, 6) is 0.00765. The number of fused-ring (bicyclic) bond motifs is 1. The van der Waals surface area contributed by atoms with Gasteiger partial charge in [-0.2, -0.15) is 0 Å². The topological polar surface area (TPSA) is 67.9 Å². The molecule has 132 valence electrons. The number of esters is 1. The minimum Gasteiger partial charge on any atom is -0.497 e. The first-order chi connectivity index (χ1) is 12.0. The van der Waals surface area contributed by atoms with Gasteiger partial charge >= 0.3 is 5.97 Å². The molecule has 2 aromatic rings. The lowest BCUT2D eigenvalue weighted by molar-refractivity contribution is 0.0600. The molecule has 0 aliphatic carbocycles. The van der Waals surface area contributed by atoms with Gasteiger partial charge in [0.05, 0.1) is 19.8 Å². The van der Waals surface area contributed by atoms with E-state index < -0.39 is 5.97 Å². The van der Waals surface area contributed by atoms with Crippen LogP contribution in [0.2, 0.25) is 0 Å². The van der Waals surface area contributed by atoms with Crippen LogP contribution in [-0.2, 0) is 17.7 Å². The normalized spacial score (nSPS) is 13.9. The van der Waals surface area contributed by atoms with E-state index in [4.69, 9.17) is 9.47 Å². The number of hydrogen-bond donors (Lipinski definition) is 1. The molecule has 0 saturated carbocycles. The van der Waals surface area contributed by atoms with E-state index in [-0.39, 0.29) is 5.91 Å². The molecule has 0 radical (unpaired) electrons. The first kappa shape index (κ1) is 17.4. The average Bonchev–Trinajstić information content (AvgIpc) is 2.97. The predicted molar refractivity (Wildman–Crippen MR) is 96.6 cm³/mol. The summed E-state index contributed by atoms with van der Waals surface area (Å²) in [6, 6.07) is 6.83. The van der Waals surface area contributed by atoms with E-state index >= 15 is 0 Å². The molecule has 0 saturated heterocycles. The number of carbonyl (C=O) groups is 2. The van der Waals surface area contributed by atoms with E-state index in [1.165, 1.54) is 18.4 Å². The summed E-state index contributed by atoms with van der Waals surface area (Å²) in [6.45, 7) is 1.64. The summed E-state index contributed by atoms with van der Waals surface area (Å²) < 4.78 is 10.0. The van der Waals surface area contributed by atoms with Gasteiger partial charge in [0.1, 0.15) is 10.8 Å². The van der Waals surface area contributed by atoms with Gasteiger partial charge in [-0.15, -0.1) is 11.3 Å². The SMILES string of the molecule is COC(=O)c1c(NC(=O)c2ccc(OC)cc2)sc2c1CCN(C)C2. The first-order valence-electron chi connectivity index (χ1n) is 7.90. The highest BCUT2D eigenvalue weighted by molar-refractivity contribution is 7.17. The summed E-state index contributed by atoms with van der Waals surface area (Å²) in [6.07, 6.45) is 0.769. The van der Waals surface area contributed by atoms with Crippen LogP contribution in [0.5, 0.6) is 5.75 Å². The maximum Gasteiger partial charge on any atom is 0.341 e. The van der Waals surface area contributed by atoms with E-state index in [1.807, 2.05) is 7.05 Å². The van der Waals surface area contributed by atoms with Crippen LogP contribution in [0.25, 0.3) is 0 Å². The Morgan fingerprint density at radius 1 is 1.20 bits per heavy atom. The molecule has 2 heterocycles. The third-order valence-electron chi connectivity index (χ3n) is 4.22. The molecule has 1 aliphatic rings. The molecule has 0 bridgehead atoms. The Labute approximate surface area is 150 Å². The average molecular weight is 360 g/mol. The van der Waals surface area contributed by atoms with Crippen molar-refractivity contribution in [1.29, 1.82) is 0 Å². The molecule has 3 rings (SSSR count). The molecule has 0 atom stereocenters. The van der Waals surface area contributed by atoms with Crippen molar-refractivity contribution in [3.63, 3.8) is 0 Å². The summed E-state index contributed by atoms with van der Waals surface area (Å²) in [4.78, 5) is 28.1. The number of rotatable bonds is 4. The maximum absolute atomic E-state index is 12.5. The summed E-state index contributed by atoms with van der Waals surface area (Å²) in [7, 11) is 4.97. The van der Waals surface area contributed by atoms with Crippen molar-refractivity contribution in [1.82, 2.24) is 4.90 Å². The van der Waals surface area contributed by atoms with Gasteiger partial charge < -0.3 is 19.7 Å². The fraction of sp³-hybridized carbons (Fsp3) is 0.333. The fourth-order valence-corrected chi connectivity index (χ4v) is 4.17. The number of ether oxygens (including phenoxy) is 2.